The van der Waals surface area contributed by atoms with Crippen LogP contribution in [0, 0.1) is 0 Å². The number of pyridine rings is 1. The van der Waals surface area contributed by atoms with E-state index < -0.39 is 0 Å². The summed E-state index contributed by atoms with van der Waals surface area (Å²) < 4.78 is 0. The van der Waals surface area contributed by atoms with Gasteiger partial charge in [0.25, 0.3) is 0 Å². The molecule has 1 aromatic heterocycles. The van der Waals surface area contributed by atoms with Crippen LogP contribution >= 0.6 is 0 Å². The number of nitrogens with one attached hydrogen (secondary N) is 1. The van der Waals surface area contributed by atoms with Crippen LogP contribution in [0.4, 0.5) is 0 Å². The molecule has 0 radical (unpaired) electrons. The van der Waals surface area contributed by atoms with E-state index in [9.17, 15) is 0 Å². The predicted molar refractivity (Wildman–Crippen MR) is 75.5 cm³/mol. The molecule has 1 aromatic carbocycles. The summed E-state index contributed by atoms with van der Waals surface area (Å²) >= 11 is 0. The molecule has 2 heteroatoms. The third-order valence-electron chi connectivity index (χ3n) is 3.28. The Kier molecular flexibility index (Phi) is 4.48. The van der Waals surface area contributed by atoms with Crippen LogP contribution in [0.2, 0.25) is 0 Å². The summed E-state index contributed by atoms with van der Waals surface area (Å²) in [4.78, 5) is 4.15. The molecule has 2 atom stereocenters. The largest absolute Gasteiger partial charge is 0.310 e. The molecule has 0 saturated carbocycles. The van der Waals surface area contributed by atoms with Gasteiger partial charge in [0.2, 0.25) is 0 Å². The van der Waals surface area contributed by atoms with E-state index >= 15 is 0 Å². The number of hydrogen-bond acceptors (Lipinski definition) is 2. The first-order valence-electron chi connectivity index (χ1n) is 6.45. The first-order valence-corrected chi connectivity index (χ1v) is 6.45. The summed E-state index contributed by atoms with van der Waals surface area (Å²) in [5.74, 6) is 0.519. The SMILES string of the molecule is CC(CN[C@H](C)c1cccnc1)c1ccccc1. The van der Waals surface area contributed by atoms with Crippen molar-refractivity contribution in [3.05, 3.63) is 66.0 Å². The molecule has 1 N–H and O–H groups in total. The monoisotopic (exact) mass is 240 g/mol. The quantitative estimate of drug-likeness (QED) is 0.864. The Morgan fingerprint density at radius 3 is 2.39 bits per heavy atom. The zero-order valence-corrected chi connectivity index (χ0v) is 11.0. The molecule has 0 saturated heterocycles. The number of hydrogen-bond donors (Lipinski definition) is 1. The van der Waals surface area contributed by atoms with E-state index in [1.807, 2.05) is 18.5 Å². The van der Waals surface area contributed by atoms with Crippen molar-refractivity contribution >= 4 is 0 Å². The van der Waals surface area contributed by atoms with E-state index in [2.05, 4.69) is 60.5 Å². The van der Waals surface area contributed by atoms with Crippen molar-refractivity contribution in [1.82, 2.24) is 10.3 Å². The van der Waals surface area contributed by atoms with Gasteiger partial charge in [0.1, 0.15) is 0 Å². The van der Waals surface area contributed by atoms with Crippen molar-refractivity contribution in [1.29, 1.82) is 0 Å². The van der Waals surface area contributed by atoms with Crippen molar-refractivity contribution in [2.45, 2.75) is 25.8 Å². The molecular formula is C16H20N2. The molecule has 0 fully saturated rings. The molecule has 1 heterocycles. The second-order valence-corrected chi connectivity index (χ2v) is 4.73. The van der Waals surface area contributed by atoms with E-state index in [-0.39, 0.29) is 0 Å². The molecule has 2 rings (SSSR count). The first kappa shape index (κ1) is 12.8. The van der Waals surface area contributed by atoms with Crippen LogP contribution < -0.4 is 5.32 Å². The Morgan fingerprint density at radius 2 is 1.72 bits per heavy atom. The highest BCUT2D eigenvalue weighted by atomic mass is 14.9. The van der Waals surface area contributed by atoms with Crippen LogP contribution in [0.1, 0.15) is 36.9 Å². The van der Waals surface area contributed by atoms with E-state index in [1.165, 1.54) is 11.1 Å². The standard InChI is InChI=1S/C16H20N2/c1-13(15-7-4-3-5-8-15)11-18-14(2)16-9-6-10-17-12-16/h3-10,12-14,18H,11H2,1-2H3/t13?,14-/m1/s1. The minimum atomic E-state index is 0.338. The maximum atomic E-state index is 4.15. The van der Waals surface area contributed by atoms with Crippen LogP contribution in [-0.2, 0) is 0 Å². The van der Waals surface area contributed by atoms with Crippen molar-refractivity contribution in [2.75, 3.05) is 6.54 Å². The summed E-state index contributed by atoms with van der Waals surface area (Å²) in [5.41, 5.74) is 2.61. The van der Waals surface area contributed by atoms with Gasteiger partial charge in [-0.25, -0.2) is 0 Å². The van der Waals surface area contributed by atoms with Crippen LogP contribution in [-0.4, -0.2) is 11.5 Å². The summed E-state index contributed by atoms with van der Waals surface area (Å²) in [5, 5.41) is 3.56. The molecule has 0 aliphatic heterocycles. The summed E-state index contributed by atoms with van der Waals surface area (Å²) in [6, 6.07) is 15.0. The van der Waals surface area contributed by atoms with Crippen molar-refractivity contribution < 1.29 is 0 Å². The summed E-state index contributed by atoms with van der Waals surface area (Å²) in [6.07, 6.45) is 3.73. The zero-order valence-electron chi connectivity index (χ0n) is 11.0. The van der Waals surface area contributed by atoms with Gasteiger partial charge in [0.15, 0.2) is 0 Å². The average molecular weight is 240 g/mol. The highest BCUT2D eigenvalue weighted by molar-refractivity contribution is 5.19. The highest BCUT2D eigenvalue weighted by Crippen LogP contribution is 2.16. The van der Waals surface area contributed by atoms with Gasteiger partial charge in [-0.15, -0.1) is 0 Å². The predicted octanol–water partition coefficient (Wildman–Crippen LogP) is 3.54. The normalized spacial score (nSPS) is 14.1. The summed E-state index contributed by atoms with van der Waals surface area (Å²) in [7, 11) is 0. The number of benzene rings is 1. The molecule has 2 nitrogen and oxygen atoms in total. The van der Waals surface area contributed by atoms with Gasteiger partial charge >= 0.3 is 0 Å². The average Bonchev–Trinajstić information content (AvgIpc) is 2.46. The summed E-state index contributed by atoms with van der Waals surface area (Å²) in [6.45, 7) is 5.40. The van der Waals surface area contributed by atoms with Crippen LogP contribution in [0.3, 0.4) is 0 Å². The van der Waals surface area contributed by atoms with Crippen LogP contribution in [0.15, 0.2) is 54.9 Å². The van der Waals surface area contributed by atoms with Crippen LogP contribution in [0.25, 0.3) is 0 Å². The molecule has 0 spiro atoms. The Balaban J connectivity index is 1.89. The third-order valence-corrected chi connectivity index (χ3v) is 3.28. The molecule has 1 unspecified atom stereocenters. The number of nitrogens with zero attached hydrogens (tertiary/aromatic N) is 1. The van der Waals surface area contributed by atoms with Gasteiger partial charge in [0.05, 0.1) is 0 Å². The van der Waals surface area contributed by atoms with Gasteiger partial charge in [0, 0.05) is 25.0 Å². The Bertz CT molecular complexity index is 408. The second kappa shape index (κ2) is 6.31. The Morgan fingerprint density at radius 1 is 1.00 bits per heavy atom. The van der Waals surface area contributed by atoms with E-state index in [1.54, 1.807) is 0 Å². The highest BCUT2D eigenvalue weighted by Gasteiger charge is 2.08. The minimum absolute atomic E-state index is 0.338. The van der Waals surface area contributed by atoms with Gasteiger partial charge in [-0.05, 0) is 30.0 Å². The van der Waals surface area contributed by atoms with Gasteiger partial charge in [-0.2, -0.15) is 0 Å². The molecule has 0 amide bonds. The van der Waals surface area contributed by atoms with Gasteiger partial charge in [-0.1, -0.05) is 43.3 Å². The lowest BCUT2D eigenvalue weighted by atomic mass is 10.0. The number of aromatic nitrogens is 1. The van der Waals surface area contributed by atoms with E-state index in [0.29, 0.717) is 12.0 Å². The van der Waals surface area contributed by atoms with Gasteiger partial charge in [-0.3, -0.25) is 4.98 Å². The first-order chi connectivity index (χ1) is 8.77. The molecule has 0 bridgehead atoms. The molecule has 18 heavy (non-hydrogen) atoms. The lowest BCUT2D eigenvalue weighted by Crippen LogP contribution is -2.23. The van der Waals surface area contributed by atoms with Crippen LogP contribution in [0.5, 0.6) is 0 Å². The second-order valence-electron chi connectivity index (χ2n) is 4.73. The van der Waals surface area contributed by atoms with E-state index in [0.717, 1.165) is 6.54 Å². The molecular weight excluding hydrogens is 220 g/mol. The maximum Gasteiger partial charge on any atom is 0.0315 e. The fraction of sp³-hybridized carbons (Fsp3) is 0.312. The lowest BCUT2D eigenvalue weighted by molar-refractivity contribution is 0.536. The number of rotatable bonds is 5. The van der Waals surface area contributed by atoms with E-state index in [4.69, 9.17) is 0 Å². The minimum Gasteiger partial charge on any atom is -0.310 e. The molecule has 94 valence electrons. The lowest BCUT2D eigenvalue weighted by Gasteiger charge is -2.18. The Hall–Kier alpha value is -1.67. The molecule has 0 aliphatic rings. The van der Waals surface area contributed by atoms with Crippen molar-refractivity contribution in [2.24, 2.45) is 0 Å². The fourth-order valence-corrected chi connectivity index (χ4v) is 2.00. The Labute approximate surface area is 109 Å². The van der Waals surface area contributed by atoms with Crippen molar-refractivity contribution in [3.63, 3.8) is 0 Å². The molecule has 2 aromatic rings. The smallest absolute Gasteiger partial charge is 0.0315 e. The zero-order chi connectivity index (χ0) is 12.8. The third kappa shape index (κ3) is 3.41. The maximum absolute atomic E-state index is 4.15. The topological polar surface area (TPSA) is 24.9 Å². The molecule has 0 aliphatic carbocycles. The van der Waals surface area contributed by atoms with Crippen molar-refractivity contribution in [3.8, 4) is 0 Å². The van der Waals surface area contributed by atoms with Gasteiger partial charge < -0.3 is 5.32 Å². The fourth-order valence-electron chi connectivity index (χ4n) is 2.00.